The average molecular weight is 382 g/mol. The van der Waals surface area contributed by atoms with Gasteiger partial charge in [0.1, 0.15) is 5.75 Å². The minimum absolute atomic E-state index is 0.0226. The van der Waals surface area contributed by atoms with Crippen molar-refractivity contribution in [3.05, 3.63) is 82.9 Å². The van der Waals surface area contributed by atoms with Gasteiger partial charge in [-0.2, -0.15) is 0 Å². The fraction of sp³-hybridized carbons (Fsp3) is 0.0476. The number of amides is 1. The van der Waals surface area contributed by atoms with Crippen LogP contribution in [0.2, 0.25) is 5.02 Å². The van der Waals surface area contributed by atoms with E-state index in [-0.39, 0.29) is 29.3 Å². The lowest BCUT2D eigenvalue weighted by Gasteiger charge is -2.10. The molecule has 5 nitrogen and oxygen atoms in total. The second kappa shape index (κ2) is 7.93. The van der Waals surface area contributed by atoms with Crippen LogP contribution in [0.1, 0.15) is 15.9 Å². The van der Waals surface area contributed by atoms with Crippen molar-refractivity contribution in [3.63, 3.8) is 0 Å². The zero-order chi connectivity index (χ0) is 19.4. The molecular formula is C21H16ClNO4. The van der Waals surface area contributed by atoms with Crippen molar-refractivity contribution >= 4 is 29.2 Å². The van der Waals surface area contributed by atoms with Crippen LogP contribution >= 0.6 is 11.6 Å². The Balaban J connectivity index is 1.77. The number of carbonyl (C=O) groups excluding carboxylic acids is 1. The summed E-state index contributed by atoms with van der Waals surface area (Å²) in [6, 6.07) is 18.5. The number of halogens is 1. The molecule has 0 spiro atoms. The molecule has 0 fully saturated rings. The molecule has 0 atom stereocenters. The summed E-state index contributed by atoms with van der Waals surface area (Å²) in [6.45, 7) is 0. The van der Waals surface area contributed by atoms with Crippen molar-refractivity contribution in [2.24, 2.45) is 0 Å². The lowest BCUT2D eigenvalue weighted by molar-refractivity contribution is -0.115. The molecule has 0 heterocycles. The van der Waals surface area contributed by atoms with Crippen LogP contribution < -0.4 is 5.32 Å². The van der Waals surface area contributed by atoms with Crippen LogP contribution in [-0.4, -0.2) is 22.1 Å². The lowest BCUT2D eigenvalue weighted by Crippen LogP contribution is -2.16. The predicted molar refractivity (Wildman–Crippen MR) is 104 cm³/mol. The lowest BCUT2D eigenvalue weighted by atomic mass is 10.0. The van der Waals surface area contributed by atoms with Gasteiger partial charge in [-0.05, 0) is 47.0 Å². The first-order valence-corrected chi connectivity index (χ1v) is 8.51. The molecule has 0 radical (unpaired) electrons. The Kier molecular flexibility index (Phi) is 5.43. The van der Waals surface area contributed by atoms with Gasteiger partial charge < -0.3 is 15.5 Å². The first-order chi connectivity index (χ1) is 12.9. The second-order valence-electron chi connectivity index (χ2n) is 5.97. The van der Waals surface area contributed by atoms with Gasteiger partial charge >= 0.3 is 5.97 Å². The summed E-state index contributed by atoms with van der Waals surface area (Å²) in [7, 11) is 0. The van der Waals surface area contributed by atoms with Gasteiger partial charge in [-0.1, -0.05) is 48.0 Å². The third-order valence-electron chi connectivity index (χ3n) is 3.98. The van der Waals surface area contributed by atoms with E-state index in [1.807, 2.05) is 24.3 Å². The third-order valence-corrected chi connectivity index (χ3v) is 4.21. The van der Waals surface area contributed by atoms with Crippen LogP contribution in [0.4, 0.5) is 5.69 Å². The molecule has 3 N–H and O–H groups in total. The predicted octanol–water partition coefficient (Wildman–Crippen LogP) is 4.59. The number of nitrogens with one attached hydrogen (secondary N) is 1. The topological polar surface area (TPSA) is 86.6 Å². The number of carboxylic acid groups (broad SMARTS) is 1. The normalized spacial score (nSPS) is 10.4. The van der Waals surface area contributed by atoms with Gasteiger partial charge in [0.05, 0.1) is 17.7 Å². The van der Waals surface area contributed by atoms with Crippen molar-refractivity contribution < 1.29 is 19.8 Å². The van der Waals surface area contributed by atoms with E-state index in [0.29, 0.717) is 5.02 Å². The summed E-state index contributed by atoms with van der Waals surface area (Å²) in [5.41, 5.74) is 2.74. The van der Waals surface area contributed by atoms with Crippen molar-refractivity contribution in [1.82, 2.24) is 0 Å². The third kappa shape index (κ3) is 4.65. The number of phenolic OH excluding ortho intramolecular Hbond substituents is 1. The van der Waals surface area contributed by atoms with Gasteiger partial charge in [0.25, 0.3) is 0 Å². The number of aromatic carboxylic acids is 1. The Hall–Kier alpha value is -3.31. The number of carboxylic acids is 1. The Bertz CT molecular complexity index is 999. The Labute approximate surface area is 160 Å². The monoisotopic (exact) mass is 381 g/mol. The molecule has 0 aliphatic rings. The molecule has 0 saturated carbocycles. The van der Waals surface area contributed by atoms with E-state index < -0.39 is 5.97 Å². The van der Waals surface area contributed by atoms with Gasteiger partial charge in [0, 0.05) is 5.02 Å². The summed E-state index contributed by atoms with van der Waals surface area (Å²) < 4.78 is 0. The molecule has 27 heavy (non-hydrogen) atoms. The number of phenols is 1. The highest BCUT2D eigenvalue weighted by atomic mass is 35.5. The molecule has 3 aromatic rings. The summed E-state index contributed by atoms with van der Waals surface area (Å²) in [4.78, 5) is 23.7. The van der Waals surface area contributed by atoms with Gasteiger partial charge in [-0.3, -0.25) is 4.79 Å². The van der Waals surface area contributed by atoms with E-state index >= 15 is 0 Å². The smallest absolute Gasteiger partial charge is 0.337 e. The van der Waals surface area contributed by atoms with E-state index in [9.17, 15) is 19.8 Å². The first-order valence-electron chi connectivity index (χ1n) is 8.13. The van der Waals surface area contributed by atoms with Crippen LogP contribution in [0.5, 0.6) is 5.75 Å². The molecule has 0 aliphatic carbocycles. The van der Waals surface area contributed by atoms with Crippen LogP contribution in [0.3, 0.4) is 0 Å². The van der Waals surface area contributed by atoms with Gasteiger partial charge in [-0.15, -0.1) is 0 Å². The molecule has 0 bridgehead atoms. The van der Waals surface area contributed by atoms with Gasteiger partial charge in [0.15, 0.2) is 0 Å². The number of carbonyl (C=O) groups is 2. The number of aromatic hydroxyl groups is 1. The zero-order valence-electron chi connectivity index (χ0n) is 14.1. The average Bonchev–Trinajstić information content (AvgIpc) is 2.62. The molecule has 3 aromatic carbocycles. The summed E-state index contributed by atoms with van der Waals surface area (Å²) >= 11 is 5.90. The molecule has 0 saturated heterocycles. The van der Waals surface area contributed by atoms with Crippen LogP contribution in [0.25, 0.3) is 11.1 Å². The molecule has 136 valence electrons. The minimum Gasteiger partial charge on any atom is -0.508 e. The molecule has 0 unspecified atom stereocenters. The van der Waals surface area contributed by atoms with Gasteiger partial charge in [0.2, 0.25) is 5.91 Å². The highest BCUT2D eigenvalue weighted by molar-refractivity contribution is 6.31. The minimum atomic E-state index is -1.14. The fourth-order valence-corrected chi connectivity index (χ4v) is 2.87. The molecule has 0 aliphatic heterocycles. The molecule has 0 aromatic heterocycles. The maximum atomic E-state index is 12.4. The Morgan fingerprint density at radius 1 is 0.926 bits per heavy atom. The van der Waals surface area contributed by atoms with E-state index in [2.05, 4.69) is 5.32 Å². The van der Waals surface area contributed by atoms with E-state index in [1.165, 1.54) is 18.2 Å². The molecule has 6 heteroatoms. The van der Waals surface area contributed by atoms with Crippen LogP contribution in [-0.2, 0) is 11.2 Å². The van der Waals surface area contributed by atoms with Crippen LogP contribution in [0.15, 0.2) is 66.7 Å². The first kappa shape index (κ1) is 18.5. The van der Waals surface area contributed by atoms with Gasteiger partial charge in [-0.25, -0.2) is 4.79 Å². The van der Waals surface area contributed by atoms with Crippen molar-refractivity contribution in [1.29, 1.82) is 0 Å². The fourth-order valence-electron chi connectivity index (χ4n) is 2.70. The number of hydrogen-bond acceptors (Lipinski definition) is 3. The number of rotatable bonds is 5. The SMILES string of the molecule is O=C(Cc1cccc(-c2ccc(O)cc2)c1)Nc1cc(Cl)ccc1C(=O)O. The maximum Gasteiger partial charge on any atom is 0.337 e. The standard InChI is InChI=1S/C21H16ClNO4/c22-16-6-9-18(21(26)27)19(12-16)23-20(25)11-13-2-1-3-15(10-13)14-4-7-17(24)8-5-14/h1-10,12,24H,11H2,(H,23,25)(H,26,27). The second-order valence-corrected chi connectivity index (χ2v) is 6.40. The molecule has 1 amide bonds. The van der Waals surface area contributed by atoms with Crippen LogP contribution in [0, 0.1) is 0 Å². The van der Waals surface area contributed by atoms with E-state index in [4.69, 9.17) is 11.6 Å². The number of hydrogen-bond donors (Lipinski definition) is 3. The summed E-state index contributed by atoms with van der Waals surface area (Å²) in [5, 5.41) is 21.6. The maximum absolute atomic E-state index is 12.4. The summed E-state index contributed by atoms with van der Waals surface area (Å²) in [5.74, 6) is -1.30. The molecular weight excluding hydrogens is 366 g/mol. The van der Waals surface area contributed by atoms with Crippen molar-refractivity contribution in [3.8, 4) is 16.9 Å². The Morgan fingerprint density at radius 2 is 1.67 bits per heavy atom. The molecule has 3 rings (SSSR count). The Morgan fingerprint density at radius 3 is 2.37 bits per heavy atom. The van der Waals surface area contributed by atoms with Crippen molar-refractivity contribution in [2.75, 3.05) is 5.32 Å². The highest BCUT2D eigenvalue weighted by Gasteiger charge is 2.13. The number of benzene rings is 3. The highest BCUT2D eigenvalue weighted by Crippen LogP contribution is 2.24. The zero-order valence-corrected chi connectivity index (χ0v) is 14.9. The summed E-state index contributed by atoms with van der Waals surface area (Å²) in [6.07, 6.45) is 0.0808. The largest absolute Gasteiger partial charge is 0.508 e. The number of anilines is 1. The van der Waals surface area contributed by atoms with Crippen molar-refractivity contribution in [2.45, 2.75) is 6.42 Å². The van der Waals surface area contributed by atoms with E-state index in [0.717, 1.165) is 16.7 Å². The van der Waals surface area contributed by atoms with E-state index in [1.54, 1.807) is 24.3 Å². The quantitative estimate of drug-likeness (QED) is 0.603.